The Morgan fingerprint density at radius 1 is 0.842 bits per heavy atom. The van der Waals surface area contributed by atoms with Crippen molar-refractivity contribution in [2.75, 3.05) is 9.44 Å². The summed E-state index contributed by atoms with van der Waals surface area (Å²) in [5.74, 6) is 0.419. The maximum atomic E-state index is 13.2. The molecule has 0 spiro atoms. The lowest BCUT2D eigenvalue weighted by Crippen LogP contribution is -2.17. The zero-order valence-electron chi connectivity index (χ0n) is 19.6. The van der Waals surface area contributed by atoms with Crippen LogP contribution in [0.2, 0.25) is 5.02 Å². The van der Waals surface area contributed by atoms with Gasteiger partial charge in [-0.1, -0.05) is 35.9 Å². The van der Waals surface area contributed by atoms with Gasteiger partial charge in [0.2, 0.25) is 11.0 Å². The quantitative estimate of drug-likeness (QED) is 0.246. The van der Waals surface area contributed by atoms with Gasteiger partial charge < -0.3 is 9.15 Å². The molecular weight excluding hydrogens is 552 g/mol. The van der Waals surface area contributed by atoms with Crippen LogP contribution < -0.4 is 14.2 Å². The van der Waals surface area contributed by atoms with Crippen LogP contribution in [-0.2, 0) is 20.0 Å². The first-order valence-electron chi connectivity index (χ1n) is 11.0. The minimum absolute atomic E-state index is 0.0510. The first-order chi connectivity index (χ1) is 18.1. The summed E-state index contributed by atoms with van der Waals surface area (Å²) in [6, 6.07) is 18.0. The van der Waals surface area contributed by atoms with Crippen LogP contribution >= 0.6 is 11.6 Å². The maximum Gasteiger partial charge on any atom is 0.295 e. The zero-order valence-corrected chi connectivity index (χ0v) is 22.0. The molecule has 0 bridgehead atoms. The molecule has 0 saturated carbocycles. The lowest BCUT2D eigenvalue weighted by atomic mass is 10.3. The van der Waals surface area contributed by atoms with Crippen LogP contribution in [0.4, 0.5) is 11.4 Å². The van der Waals surface area contributed by atoms with Gasteiger partial charge in [-0.3, -0.25) is 14.4 Å². The molecule has 10 nitrogen and oxygen atoms in total. The van der Waals surface area contributed by atoms with Crippen molar-refractivity contribution in [1.82, 2.24) is 9.97 Å². The van der Waals surface area contributed by atoms with Crippen molar-refractivity contribution in [3.63, 3.8) is 0 Å². The van der Waals surface area contributed by atoms with E-state index in [2.05, 4.69) is 19.4 Å². The van der Waals surface area contributed by atoms with Crippen LogP contribution in [0.1, 0.15) is 5.69 Å². The Hall–Kier alpha value is -4.13. The standard InChI is InChI=1S/C25H19ClN4O6S2/c1-16-14-27-15-24(28-16)35-19-6-4-7-20(13-19)37(31,32)29-21-10-9-18(26)12-22(21)30-38(33,34)25-11-17-5-2-3-8-23(17)36-25/h2-15,29-30H,1H3. The van der Waals surface area contributed by atoms with E-state index in [-0.39, 0.29) is 38.0 Å². The number of hydrogen-bond acceptors (Lipinski definition) is 8. The second-order valence-corrected chi connectivity index (χ2v) is 11.8. The summed E-state index contributed by atoms with van der Waals surface area (Å²) in [5, 5.41) is 0.445. The van der Waals surface area contributed by atoms with Crippen molar-refractivity contribution in [2.45, 2.75) is 16.9 Å². The topological polar surface area (TPSA) is 140 Å². The normalized spacial score (nSPS) is 11.8. The fraction of sp³-hybridized carbons (Fsp3) is 0.0400. The van der Waals surface area contributed by atoms with Gasteiger partial charge >= 0.3 is 0 Å². The van der Waals surface area contributed by atoms with Crippen LogP contribution in [0.5, 0.6) is 11.6 Å². The molecule has 2 N–H and O–H groups in total. The Morgan fingerprint density at radius 2 is 1.63 bits per heavy atom. The molecule has 13 heteroatoms. The molecule has 2 heterocycles. The molecule has 5 aromatic rings. The SMILES string of the molecule is Cc1cncc(Oc2cccc(S(=O)(=O)Nc3ccc(Cl)cc3NS(=O)(=O)c3cc4ccccc4o3)c2)n1. The fourth-order valence-corrected chi connectivity index (χ4v) is 5.82. The highest BCUT2D eigenvalue weighted by molar-refractivity contribution is 7.93. The molecule has 3 aromatic carbocycles. The number of nitrogens with zero attached hydrogens (tertiary/aromatic N) is 2. The number of nitrogens with one attached hydrogen (secondary N) is 2. The van der Waals surface area contributed by atoms with Gasteiger partial charge in [-0.15, -0.1) is 0 Å². The zero-order chi connectivity index (χ0) is 26.9. The summed E-state index contributed by atoms with van der Waals surface area (Å²) in [6.45, 7) is 1.75. The maximum absolute atomic E-state index is 13.2. The highest BCUT2D eigenvalue weighted by Gasteiger charge is 2.23. The van der Waals surface area contributed by atoms with Crippen LogP contribution in [0, 0.1) is 6.92 Å². The molecule has 0 aliphatic carbocycles. The molecule has 5 rings (SSSR count). The molecule has 0 amide bonds. The van der Waals surface area contributed by atoms with Gasteiger partial charge in [-0.25, -0.2) is 13.4 Å². The number of aryl methyl sites for hydroxylation is 1. The van der Waals surface area contributed by atoms with Crippen molar-refractivity contribution < 1.29 is 26.0 Å². The first kappa shape index (κ1) is 25.5. The van der Waals surface area contributed by atoms with Gasteiger partial charge in [-0.05, 0) is 43.3 Å². The van der Waals surface area contributed by atoms with Gasteiger partial charge in [0, 0.05) is 28.7 Å². The number of fused-ring (bicyclic) bond motifs is 1. The van der Waals surface area contributed by atoms with Crippen molar-refractivity contribution >= 4 is 54.0 Å². The summed E-state index contributed by atoms with van der Waals surface area (Å²) >= 11 is 6.09. The van der Waals surface area contributed by atoms with Gasteiger partial charge in [0.15, 0.2) is 0 Å². The predicted octanol–water partition coefficient (Wildman–Crippen LogP) is 5.58. The second-order valence-electron chi connectivity index (χ2n) is 8.08. The first-order valence-corrected chi connectivity index (χ1v) is 14.3. The van der Waals surface area contributed by atoms with Crippen molar-refractivity contribution in [3.05, 3.63) is 95.9 Å². The predicted molar refractivity (Wildman–Crippen MR) is 143 cm³/mol. The van der Waals surface area contributed by atoms with Gasteiger partial charge in [0.1, 0.15) is 11.3 Å². The molecular formula is C25H19ClN4O6S2. The van der Waals surface area contributed by atoms with E-state index < -0.39 is 20.0 Å². The third-order valence-electron chi connectivity index (χ3n) is 5.21. The average Bonchev–Trinajstić information content (AvgIpc) is 3.31. The van der Waals surface area contributed by atoms with Crippen molar-refractivity contribution in [2.24, 2.45) is 0 Å². The minimum Gasteiger partial charge on any atom is -0.443 e. The van der Waals surface area contributed by atoms with E-state index in [4.69, 9.17) is 20.8 Å². The number of hydrogen-bond donors (Lipinski definition) is 2. The Kier molecular flexibility index (Phi) is 6.69. The Balaban J connectivity index is 1.42. The van der Waals surface area contributed by atoms with E-state index >= 15 is 0 Å². The molecule has 0 aliphatic rings. The van der Waals surface area contributed by atoms with Crippen LogP contribution in [0.3, 0.4) is 0 Å². The van der Waals surface area contributed by atoms with E-state index in [1.54, 1.807) is 43.5 Å². The second kappa shape index (κ2) is 9.97. The van der Waals surface area contributed by atoms with Crippen LogP contribution in [0.15, 0.2) is 99.6 Å². The summed E-state index contributed by atoms with van der Waals surface area (Å²) in [4.78, 5) is 8.05. The number of aromatic nitrogens is 2. The smallest absolute Gasteiger partial charge is 0.295 e. The molecule has 0 unspecified atom stereocenters. The number of furan rings is 1. The summed E-state index contributed by atoms with van der Waals surface area (Å²) in [7, 11) is -8.40. The number of rotatable bonds is 8. The molecule has 0 atom stereocenters. The average molecular weight is 571 g/mol. The van der Waals surface area contributed by atoms with Gasteiger partial charge in [0.25, 0.3) is 20.0 Å². The van der Waals surface area contributed by atoms with E-state index in [1.807, 2.05) is 0 Å². The van der Waals surface area contributed by atoms with Gasteiger partial charge in [0.05, 0.1) is 28.2 Å². The lowest BCUT2D eigenvalue weighted by Gasteiger charge is -2.15. The third kappa shape index (κ3) is 5.57. The number of halogens is 1. The molecule has 0 aliphatic heterocycles. The highest BCUT2D eigenvalue weighted by atomic mass is 35.5. The monoisotopic (exact) mass is 570 g/mol. The highest BCUT2D eigenvalue weighted by Crippen LogP contribution is 2.32. The summed E-state index contributed by atoms with van der Waals surface area (Å²) in [6.07, 6.45) is 2.96. The van der Waals surface area contributed by atoms with E-state index in [1.165, 1.54) is 48.7 Å². The number of ether oxygens (including phenoxy) is 1. The largest absolute Gasteiger partial charge is 0.443 e. The summed E-state index contributed by atoms with van der Waals surface area (Å²) in [5.41, 5.74) is 0.876. The van der Waals surface area contributed by atoms with E-state index in [9.17, 15) is 16.8 Å². The minimum atomic E-state index is -4.22. The van der Waals surface area contributed by atoms with E-state index in [0.29, 0.717) is 16.7 Å². The van der Waals surface area contributed by atoms with E-state index in [0.717, 1.165) is 0 Å². The lowest BCUT2D eigenvalue weighted by molar-refractivity contribution is 0.457. The molecule has 0 fully saturated rings. The Labute approximate surface area is 223 Å². The number of para-hydroxylation sites is 1. The number of sulfonamides is 2. The number of anilines is 2. The fourth-order valence-electron chi connectivity index (χ4n) is 3.49. The molecule has 0 radical (unpaired) electrons. The summed E-state index contributed by atoms with van der Waals surface area (Å²) < 4.78 is 68.4. The third-order valence-corrected chi connectivity index (χ3v) is 8.03. The molecule has 0 saturated heterocycles. The van der Waals surface area contributed by atoms with Crippen LogP contribution in [-0.4, -0.2) is 26.8 Å². The molecule has 2 aromatic heterocycles. The van der Waals surface area contributed by atoms with Crippen LogP contribution in [0.25, 0.3) is 11.0 Å². The Bertz CT molecular complexity index is 1840. The van der Waals surface area contributed by atoms with Crippen molar-refractivity contribution in [3.8, 4) is 11.6 Å². The van der Waals surface area contributed by atoms with Crippen molar-refractivity contribution in [1.29, 1.82) is 0 Å². The Morgan fingerprint density at radius 3 is 2.42 bits per heavy atom. The number of benzene rings is 3. The molecule has 194 valence electrons. The van der Waals surface area contributed by atoms with Gasteiger partial charge in [-0.2, -0.15) is 8.42 Å². The molecule has 38 heavy (non-hydrogen) atoms.